The van der Waals surface area contributed by atoms with E-state index in [2.05, 4.69) is 21.4 Å². The molecule has 5 heteroatoms. The zero-order valence-corrected chi connectivity index (χ0v) is 9.56. The van der Waals surface area contributed by atoms with Crippen LogP contribution in [0.3, 0.4) is 0 Å². The molecule has 0 saturated heterocycles. The number of hydrogen-bond donors (Lipinski definition) is 0. The van der Waals surface area contributed by atoms with Crippen molar-refractivity contribution in [2.24, 2.45) is 0 Å². The number of rotatable bonds is 2. The first kappa shape index (κ1) is 12.7. The maximum absolute atomic E-state index is 4.93. The van der Waals surface area contributed by atoms with Crippen molar-refractivity contribution in [1.29, 1.82) is 0 Å². The monoisotopic (exact) mass is 207 g/mol. The van der Waals surface area contributed by atoms with Gasteiger partial charge in [-0.1, -0.05) is 29.8 Å². The quantitative estimate of drug-likeness (QED) is 0.451. The van der Waals surface area contributed by atoms with Crippen LogP contribution in [0.25, 0.3) is 11.4 Å². The van der Waals surface area contributed by atoms with E-state index in [1.165, 1.54) is 12.7 Å². The third-order valence-electron chi connectivity index (χ3n) is 2.00. The summed E-state index contributed by atoms with van der Waals surface area (Å²) in [5.74, 6) is 0.895. The molecule has 0 aliphatic rings. The minimum Gasteiger partial charge on any atom is -0.513 e. The Morgan fingerprint density at radius 2 is 1.88 bits per heavy atom. The second-order valence-corrected chi connectivity index (χ2v) is 3.12. The Bertz CT molecular complexity index is 459. The fourth-order valence-corrected chi connectivity index (χ4v) is 1.17. The molecule has 76 valence electrons. The molecule has 0 radical (unpaired) electrons. The first-order chi connectivity index (χ1) is 7.29. The summed E-state index contributed by atoms with van der Waals surface area (Å²) in [6, 6.07) is 7.90. The van der Waals surface area contributed by atoms with Crippen molar-refractivity contribution in [3.8, 4) is 17.3 Å². The van der Waals surface area contributed by atoms with Crippen LogP contribution in [0.4, 0.5) is 0 Å². The summed E-state index contributed by atoms with van der Waals surface area (Å²) in [5, 5.41) is 7.58. The van der Waals surface area contributed by atoms with Crippen LogP contribution in [0, 0.1) is 13.1 Å². The van der Waals surface area contributed by atoms with Crippen LogP contribution in [0.1, 0.15) is 5.56 Å². The maximum Gasteiger partial charge on any atom is 1.00 e. The summed E-state index contributed by atoms with van der Waals surface area (Å²) >= 11 is 0. The van der Waals surface area contributed by atoms with Crippen LogP contribution in [-0.4, -0.2) is 22.3 Å². The molecule has 0 amide bonds. The Hall–Kier alpha value is -1.37. The van der Waals surface area contributed by atoms with Crippen molar-refractivity contribution in [3.05, 3.63) is 36.0 Å². The van der Waals surface area contributed by atoms with E-state index >= 15 is 0 Å². The molecular weight excluding hydrogens is 197 g/mol. The number of ether oxygens (including phenoxy) is 1. The summed E-state index contributed by atoms with van der Waals surface area (Å²) in [4.78, 5) is 4.14. The largest absolute Gasteiger partial charge is 1.00 e. The van der Waals surface area contributed by atoms with Crippen LogP contribution in [-0.2, 0) is 0 Å². The van der Waals surface area contributed by atoms with Gasteiger partial charge in [-0.2, -0.15) is 5.10 Å². The minimum atomic E-state index is 0. The number of nitrogens with zero attached hydrogens (tertiary/aromatic N) is 3. The van der Waals surface area contributed by atoms with Crippen molar-refractivity contribution >= 4 is 0 Å². The Labute approximate surface area is 106 Å². The summed E-state index contributed by atoms with van der Waals surface area (Å²) in [6.45, 7) is 2.03. The Balaban J connectivity index is 0.00000128. The first-order valence-electron chi connectivity index (χ1n) is 4.53. The number of aryl methyl sites for hydroxylation is 1. The van der Waals surface area contributed by atoms with E-state index in [0.717, 1.165) is 5.56 Å². The Kier molecular flexibility index (Phi) is 4.48. The zero-order valence-electron chi connectivity index (χ0n) is 9.56. The summed E-state index contributed by atoms with van der Waals surface area (Å²) < 4.78 is 4.93. The minimum absolute atomic E-state index is 0. The smallest absolute Gasteiger partial charge is 0.513 e. The number of methoxy groups -OCH3 is 1. The molecule has 0 spiro atoms. The van der Waals surface area contributed by atoms with Crippen LogP contribution in [0.15, 0.2) is 24.3 Å². The van der Waals surface area contributed by atoms with Crippen molar-refractivity contribution in [3.63, 3.8) is 0 Å². The second kappa shape index (κ2) is 5.64. The molecule has 0 aliphatic carbocycles. The molecule has 16 heavy (non-hydrogen) atoms. The molecule has 0 unspecified atom stereocenters. The average Bonchev–Trinajstić information content (AvgIpc) is 2.30. The molecular formula is C11H10LiN3O. The topological polar surface area (TPSA) is 47.9 Å². The molecule has 2 aromatic rings. The van der Waals surface area contributed by atoms with E-state index in [9.17, 15) is 0 Å². The molecule has 0 bridgehead atoms. The maximum atomic E-state index is 4.93. The van der Waals surface area contributed by atoms with Gasteiger partial charge in [0.15, 0.2) is 5.82 Å². The summed E-state index contributed by atoms with van der Waals surface area (Å²) in [7, 11) is 1.53. The molecule has 0 fully saturated rings. The standard InChI is InChI=1S/C11H10N3O.Li/c1-8-3-5-9(6-4-8)11-13-10(15-2)7-12-14-11;/h3-6H,1-2H3;/q-1;+1. The zero-order chi connectivity index (χ0) is 10.7. The molecule has 1 heterocycles. The van der Waals surface area contributed by atoms with Crippen LogP contribution >= 0.6 is 0 Å². The van der Waals surface area contributed by atoms with Gasteiger partial charge in [-0.3, -0.25) is 6.20 Å². The van der Waals surface area contributed by atoms with E-state index in [-0.39, 0.29) is 18.9 Å². The van der Waals surface area contributed by atoms with Crippen LogP contribution in [0.5, 0.6) is 5.88 Å². The summed E-state index contributed by atoms with van der Waals surface area (Å²) in [6.07, 6.45) is 2.55. The third kappa shape index (κ3) is 2.81. The van der Waals surface area contributed by atoms with E-state index in [1.54, 1.807) is 0 Å². The van der Waals surface area contributed by atoms with E-state index < -0.39 is 0 Å². The van der Waals surface area contributed by atoms with Gasteiger partial charge >= 0.3 is 18.9 Å². The predicted octanol–water partition coefficient (Wildman–Crippen LogP) is -1.34. The Morgan fingerprint density at radius 3 is 2.50 bits per heavy atom. The molecule has 1 aromatic carbocycles. The van der Waals surface area contributed by atoms with Gasteiger partial charge < -0.3 is 9.84 Å². The van der Waals surface area contributed by atoms with Gasteiger partial charge in [0.1, 0.15) is 0 Å². The van der Waals surface area contributed by atoms with Crippen molar-refractivity contribution < 1.29 is 23.6 Å². The number of benzene rings is 1. The average molecular weight is 207 g/mol. The van der Waals surface area contributed by atoms with E-state index in [4.69, 9.17) is 4.74 Å². The fraction of sp³-hybridized carbons (Fsp3) is 0.182. The van der Waals surface area contributed by atoms with Gasteiger partial charge in [-0.05, 0) is 6.92 Å². The van der Waals surface area contributed by atoms with Gasteiger partial charge in [0, 0.05) is 5.56 Å². The van der Waals surface area contributed by atoms with Gasteiger partial charge in [0.2, 0.25) is 0 Å². The van der Waals surface area contributed by atoms with E-state index in [0.29, 0.717) is 11.7 Å². The molecule has 0 atom stereocenters. The molecule has 0 N–H and O–H groups in total. The number of hydrogen-bond acceptors (Lipinski definition) is 4. The van der Waals surface area contributed by atoms with Crippen molar-refractivity contribution in [1.82, 2.24) is 15.2 Å². The molecule has 0 aliphatic heterocycles. The SMILES string of the molecule is COc1[c-]nnc(-c2ccc(C)cc2)n1.[Li+]. The Morgan fingerprint density at radius 1 is 1.19 bits per heavy atom. The predicted molar refractivity (Wildman–Crippen MR) is 55.4 cm³/mol. The van der Waals surface area contributed by atoms with Gasteiger partial charge in [-0.15, -0.1) is 0 Å². The summed E-state index contributed by atoms with van der Waals surface area (Å²) in [5.41, 5.74) is 2.11. The first-order valence-corrected chi connectivity index (χ1v) is 4.53. The molecule has 1 aromatic heterocycles. The van der Waals surface area contributed by atoms with E-state index in [1.807, 2.05) is 31.2 Å². The molecule has 0 saturated carbocycles. The second-order valence-electron chi connectivity index (χ2n) is 3.12. The van der Waals surface area contributed by atoms with Crippen molar-refractivity contribution in [2.75, 3.05) is 7.11 Å². The number of aromatic nitrogens is 3. The van der Waals surface area contributed by atoms with Crippen LogP contribution < -0.4 is 23.6 Å². The van der Waals surface area contributed by atoms with Crippen LogP contribution in [0.2, 0.25) is 0 Å². The van der Waals surface area contributed by atoms with Crippen molar-refractivity contribution in [2.45, 2.75) is 6.92 Å². The van der Waals surface area contributed by atoms with Gasteiger partial charge in [-0.25, -0.2) is 4.98 Å². The fourth-order valence-electron chi connectivity index (χ4n) is 1.17. The normalized spacial score (nSPS) is 9.38. The van der Waals surface area contributed by atoms with Gasteiger partial charge in [0.05, 0.1) is 13.0 Å². The molecule has 2 rings (SSSR count). The third-order valence-corrected chi connectivity index (χ3v) is 2.00. The molecule has 4 nitrogen and oxygen atoms in total. The van der Waals surface area contributed by atoms with Gasteiger partial charge in [0.25, 0.3) is 0 Å².